The second-order valence-electron chi connectivity index (χ2n) is 5.57. The summed E-state index contributed by atoms with van der Waals surface area (Å²) < 4.78 is 5.00. The number of aryl methyl sites for hydroxylation is 2. The van der Waals surface area contributed by atoms with Crippen LogP contribution in [0.1, 0.15) is 24.6 Å². The first-order chi connectivity index (χ1) is 10.6. The van der Waals surface area contributed by atoms with E-state index in [1.54, 1.807) is 6.07 Å². The van der Waals surface area contributed by atoms with Crippen LogP contribution in [0.3, 0.4) is 0 Å². The maximum atomic E-state index is 12.2. The lowest BCUT2D eigenvalue weighted by Gasteiger charge is -2.23. The van der Waals surface area contributed by atoms with Gasteiger partial charge in [0.2, 0.25) is 11.8 Å². The molecule has 0 aliphatic heterocycles. The van der Waals surface area contributed by atoms with E-state index in [1.807, 2.05) is 31.9 Å². The average Bonchev–Trinajstić information content (AvgIpc) is 2.92. The molecule has 5 nitrogen and oxygen atoms in total. The third kappa shape index (κ3) is 4.70. The summed E-state index contributed by atoms with van der Waals surface area (Å²) in [4.78, 5) is 14.2. The van der Waals surface area contributed by atoms with Crippen LogP contribution < -0.4 is 5.32 Å². The predicted octanol–water partition coefficient (Wildman–Crippen LogP) is 2.87. The van der Waals surface area contributed by atoms with Crippen LogP contribution in [0.4, 0.5) is 5.88 Å². The molecule has 0 radical (unpaired) electrons. The number of nitrogens with zero attached hydrogens (tertiary/aromatic N) is 2. The molecule has 2 rings (SSSR count). The van der Waals surface area contributed by atoms with E-state index in [4.69, 9.17) is 4.52 Å². The van der Waals surface area contributed by atoms with E-state index < -0.39 is 0 Å². The van der Waals surface area contributed by atoms with Crippen molar-refractivity contribution in [2.24, 2.45) is 0 Å². The normalized spacial score (nSPS) is 12.4. The van der Waals surface area contributed by atoms with E-state index in [0.717, 1.165) is 25.1 Å². The maximum absolute atomic E-state index is 12.2. The molecule has 0 saturated heterocycles. The molecule has 0 spiro atoms. The number of anilines is 1. The smallest absolute Gasteiger partial charge is 0.243 e. The molecule has 1 heterocycles. The molecule has 1 N–H and O–H groups in total. The first kappa shape index (κ1) is 16.2. The molecule has 1 atom stereocenters. The molecule has 5 heteroatoms. The van der Waals surface area contributed by atoms with Crippen molar-refractivity contribution >= 4 is 11.8 Å². The fraction of sp³-hybridized carbons (Fsp3) is 0.412. The van der Waals surface area contributed by atoms with Gasteiger partial charge < -0.3 is 4.52 Å². The lowest BCUT2D eigenvalue weighted by atomic mass is 10.1. The Morgan fingerprint density at radius 1 is 1.36 bits per heavy atom. The highest BCUT2D eigenvalue weighted by Gasteiger charge is 2.19. The van der Waals surface area contributed by atoms with Crippen LogP contribution in [0.25, 0.3) is 0 Å². The molecule has 1 amide bonds. The monoisotopic (exact) mass is 301 g/mol. The second kappa shape index (κ2) is 7.75. The highest BCUT2D eigenvalue weighted by molar-refractivity contribution is 5.93. The van der Waals surface area contributed by atoms with Crippen LogP contribution in [0.15, 0.2) is 40.9 Å². The summed E-state index contributed by atoms with van der Waals surface area (Å²) in [5, 5.41) is 6.50. The van der Waals surface area contributed by atoms with Gasteiger partial charge in [-0.05, 0) is 45.8 Å². The lowest BCUT2D eigenvalue weighted by Crippen LogP contribution is -2.40. The fourth-order valence-electron chi connectivity index (χ4n) is 2.22. The minimum Gasteiger partial charge on any atom is -0.338 e. The largest absolute Gasteiger partial charge is 0.338 e. The Labute approximate surface area is 131 Å². The van der Waals surface area contributed by atoms with Crippen molar-refractivity contribution in [1.82, 2.24) is 10.1 Å². The Morgan fingerprint density at radius 2 is 2.09 bits per heavy atom. The number of rotatable bonds is 7. The third-order valence-corrected chi connectivity index (χ3v) is 3.73. The number of carbonyl (C=O) groups excluding carboxylic acids is 1. The highest BCUT2D eigenvalue weighted by Crippen LogP contribution is 2.10. The Kier molecular flexibility index (Phi) is 5.72. The standard InChI is InChI=1S/C17H23N3O2/c1-13-12-16(22-19-13)18-17(21)14(2)20(3)11-7-10-15-8-5-4-6-9-15/h4-6,8-9,12,14H,7,10-11H2,1-3H3,(H,18,21)/t14-/m1/s1. The summed E-state index contributed by atoms with van der Waals surface area (Å²) in [5.74, 6) is 0.311. The van der Waals surface area contributed by atoms with E-state index in [-0.39, 0.29) is 11.9 Å². The molecular formula is C17H23N3O2. The van der Waals surface area contributed by atoms with Gasteiger partial charge in [-0.3, -0.25) is 15.0 Å². The molecule has 22 heavy (non-hydrogen) atoms. The van der Waals surface area contributed by atoms with Crippen molar-refractivity contribution in [2.45, 2.75) is 32.7 Å². The summed E-state index contributed by atoms with van der Waals surface area (Å²) in [6.07, 6.45) is 2.03. The minimum atomic E-state index is -0.221. The quantitative estimate of drug-likeness (QED) is 0.854. The van der Waals surface area contributed by atoms with E-state index in [2.05, 4.69) is 34.7 Å². The summed E-state index contributed by atoms with van der Waals surface area (Å²) in [6.45, 7) is 4.57. The van der Waals surface area contributed by atoms with Crippen LogP contribution in [0, 0.1) is 6.92 Å². The molecule has 2 aromatic rings. The molecule has 1 aromatic carbocycles. The number of hydrogen-bond donors (Lipinski definition) is 1. The highest BCUT2D eigenvalue weighted by atomic mass is 16.5. The molecule has 1 aromatic heterocycles. The molecule has 118 valence electrons. The van der Waals surface area contributed by atoms with Gasteiger partial charge in [-0.2, -0.15) is 0 Å². The van der Waals surface area contributed by atoms with E-state index in [9.17, 15) is 4.79 Å². The lowest BCUT2D eigenvalue weighted by molar-refractivity contribution is -0.120. The summed E-state index contributed by atoms with van der Waals surface area (Å²) in [5.41, 5.74) is 2.07. The van der Waals surface area contributed by atoms with Gasteiger partial charge in [-0.15, -0.1) is 0 Å². The van der Waals surface area contributed by atoms with Crippen LogP contribution in [-0.4, -0.2) is 35.6 Å². The van der Waals surface area contributed by atoms with Gasteiger partial charge in [0.25, 0.3) is 0 Å². The number of likely N-dealkylation sites (N-methyl/N-ethyl adjacent to an activating group) is 1. The Morgan fingerprint density at radius 3 is 2.73 bits per heavy atom. The van der Waals surface area contributed by atoms with Crippen LogP contribution in [0.2, 0.25) is 0 Å². The van der Waals surface area contributed by atoms with Crippen molar-refractivity contribution in [3.8, 4) is 0 Å². The van der Waals surface area contributed by atoms with Gasteiger partial charge in [0.05, 0.1) is 11.7 Å². The number of carbonyl (C=O) groups is 1. The van der Waals surface area contributed by atoms with Gasteiger partial charge in [0, 0.05) is 6.07 Å². The Hall–Kier alpha value is -2.14. The molecule has 0 fully saturated rings. The van der Waals surface area contributed by atoms with Gasteiger partial charge >= 0.3 is 0 Å². The summed E-state index contributed by atoms with van der Waals surface area (Å²) >= 11 is 0. The Bertz CT molecular complexity index is 595. The zero-order chi connectivity index (χ0) is 15.9. The minimum absolute atomic E-state index is 0.0849. The van der Waals surface area contributed by atoms with Crippen LogP contribution >= 0.6 is 0 Å². The number of aromatic nitrogens is 1. The van der Waals surface area contributed by atoms with Gasteiger partial charge in [0.1, 0.15) is 0 Å². The van der Waals surface area contributed by atoms with E-state index in [1.165, 1.54) is 5.56 Å². The van der Waals surface area contributed by atoms with E-state index >= 15 is 0 Å². The molecule has 0 unspecified atom stereocenters. The van der Waals surface area contributed by atoms with Gasteiger partial charge in [-0.25, -0.2) is 0 Å². The molecule has 0 saturated carbocycles. The molecule has 0 aliphatic rings. The van der Waals surface area contributed by atoms with Gasteiger partial charge in [0.15, 0.2) is 0 Å². The number of amides is 1. The predicted molar refractivity (Wildman–Crippen MR) is 86.7 cm³/mol. The first-order valence-electron chi connectivity index (χ1n) is 7.54. The second-order valence-corrected chi connectivity index (χ2v) is 5.57. The first-order valence-corrected chi connectivity index (χ1v) is 7.54. The Balaban J connectivity index is 1.76. The van der Waals surface area contributed by atoms with Gasteiger partial charge in [-0.1, -0.05) is 35.5 Å². The van der Waals surface area contributed by atoms with Crippen LogP contribution in [-0.2, 0) is 11.2 Å². The van der Waals surface area contributed by atoms with Crippen molar-refractivity contribution in [3.63, 3.8) is 0 Å². The zero-order valence-corrected chi connectivity index (χ0v) is 13.4. The number of benzene rings is 1. The molecule has 0 bridgehead atoms. The van der Waals surface area contributed by atoms with Crippen molar-refractivity contribution in [2.75, 3.05) is 18.9 Å². The topological polar surface area (TPSA) is 58.4 Å². The van der Waals surface area contributed by atoms with Crippen molar-refractivity contribution in [1.29, 1.82) is 0 Å². The van der Waals surface area contributed by atoms with E-state index in [0.29, 0.717) is 5.88 Å². The molecule has 0 aliphatic carbocycles. The summed E-state index contributed by atoms with van der Waals surface area (Å²) in [6, 6.07) is 11.9. The van der Waals surface area contributed by atoms with Crippen molar-refractivity contribution in [3.05, 3.63) is 47.7 Å². The fourth-order valence-corrected chi connectivity index (χ4v) is 2.22. The summed E-state index contributed by atoms with van der Waals surface area (Å²) in [7, 11) is 1.96. The van der Waals surface area contributed by atoms with Crippen LogP contribution in [0.5, 0.6) is 0 Å². The number of hydrogen-bond acceptors (Lipinski definition) is 4. The van der Waals surface area contributed by atoms with Crippen molar-refractivity contribution < 1.29 is 9.32 Å². The molecular weight excluding hydrogens is 278 g/mol. The number of nitrogens with one attached hydrogen (secondary N) is 1. The SMILES string of the molecule is Cc1cc(NC(=O)[C@@H](C)N(C)CCCc2ccccc2)on1. The third-order valence-electron chi connectivity index (χ3n) is 3.73. The average molecular weight is 301 g/mol. The zero-order valence-electron chi connectivity index (χ0n) is 13.4. The maximum Gasteiger partial charge on any atom is 0.243 e.